The first-order valence-corrected chi connectivity index (χ1v) is 6.60. The summed E-state index contributed by atoms with van der Waals surface area (Å²) in [4.78, 5) is 0. The average Bonchev–Trinajstić information content (AvgIpc) is 2.34. The Balaban J connectivity index is 2.25. The van der Waals surface area contributed by atoms with Gasteiger partial charge in [0.15, 0.2) is 11.6 Å². The summed E-state index contributed by atoms with van der Waals surface area (Å²) < 4.78 is 26.9. The maximum atomic E-state index is 13.1. The molecule has 0 radical (unpaired) electrons. The number of rotatable bonds is 3. The molecule has 2 rings (SSSR count). The van der Waals surface area contributed by atoms with Gasteiger partial charge in [-0.3, -0.25) is 0 Å². The van der Waals surface area contributed by atoms with Crippen LogP contribution in [0.15, 0.2) is 46.9 Å². The molecule has 4 heteroatoms. The molecule has 2 aromatic carbocycles. The lowest BCUT2D eigenvalue weighted by atomic mass is 9.89. The van der Waals surface area contributed by atoms with Gasteiger partial charge in [0.25, 0.3) is 0 Å². The van der Waals surface area contributed by atoms with Gasteiger partial charge in [-0.15, -0.1) is 0 Å². The van der Waals surface area contributed by atoms with E-state index in [0.717, 1.165) is 22.2 Å². The molecular weight excluding hydrogens is 314 g/mol. The fourth-order valence-electron chi connectivity index (χ4n) is 1.96. The van der Waals surface area contributed by atoms with Gasteiger partial charge in [-0.2, -0.15) is 0 Å². The fraction of sp³-hybridized carbons (Fsp3) is 0.200. The Morgan fingerprint density at radius 2 is 1.68 bits per heavy atom. The molecule has 0 saturated heterocycles. The van der Waals surface area contributed by atoms with Crippen LogP contribution < -0.4 is 0 Å². The molecular formula is C15H13BrF2O. The number of halogens is 3. The molecule has 0 fully saturated rings. The third-order valence-electron chi connectivity index (χ3n) is 3.00. The first-order valence-electron chi connectivity index (χ1n) is 5.81. The van der Waals surface area contributed by atoms with Crippen molar-refractivity contribution >= 4 is 15.9 Å². The van der Waals surface area contributed by atoms with Crippen molar-refractivity contribution in [2.75, 3.05) is 0 Å². The van der Waals surface area contributed by atoms with Crippen LogP contribution in [0, 0.1) is 11.6 Å². The van der Waals surface area contributed by atoms with Crippen LogP contribution in [0.5, 0.6) is 0 Å². The van der Waals surface area contributed by atoms with E-state index >= 15 is 0 Å². The number of hydrogen-bond acceptors (Lipinski definition) is 1. The summed E-state index contributed by atoms with van der Waals surface area (Å²) in [6, 6.07) is 10.9. The lowest BCUT2D eigenvalue weighted by Gasteiger charge is -2.24. The van der Waals surface area contributed by atoms with E-state index in [2.05, 4.69) is 15.9 Å². The summed E-state index contributed by atoms with van der Waals surface area (Å²) in [5, 5.41) is 10.5. The third kappa shape index (κ3) is 3.39. The molecule has 0 heterocycles. The monoisotopic (exact) mass is 326 g/mol. The van der Waals surface area contributed by atoms with Gasteiger partial charge in [-0.1, -0.05) is 34.1 Å². The van der Waals surface area contributed by atoms with Crippen molar-refractivity contribution < 1.29 is 13.9 Å². The molecule has 0 aliphatic rings. The van der Waals surface area contributed by atoms with Crippen molar-refractivity contribution in [3.63, 3.8) is 0 Å². The lowest BCUT2D eigenvalue weighted by molar-refractivity contribution is 0.0575. The smallest absolute Gasteiger partial charge is 0.159 e. The maximum Gasteiger partial charge on any atom is 0.159 e. The summed E-state index contributed by atoms with van der Waals surface area (Å²) in [5.74, 6) is -1.78. The highest BCUT2D eigenvalue weighted by Crippen LogP contribution is 2.27. The SMILES string of the molecule is CC(O)(Cc1ccc(F)c(F)c1)c1ccc(Br)cc1. The Bertz CT molecular complexity index is 579. The van der Waals surface area contributed by atoms with Crippen LogP contribution in [0.4, 0.5) is 8.78 Å². The normalized spacial score (nSPS) is 14.2. The zero-order chi connectivity index (χ0) is 14.0. The highest BCUT2D eigenvalue weighted by Gasteiger charge is 2.23. The second kappa shape index (κ2) is 5.39. The molecule has 0 aliphatic carbocycles. The number of aliphatic hydroxyl groups is 1. The molecule has 0 saturated carbocycles. The minimum atomic E-state index is -1.13. The molecule has 1 nitrogen and oxygen atoms in total. The second-order valence-corrected chi connectivity index (χ2v) is 5.62. The van der Waals surface area contributed by atoms with Gasteiger partial charge in [-0.25, -0.2) is 8.78 Å². The van der Waals surface area contributed by atoms with Crippen LogP contribution in [0.25, 0.3) is 0 Å². The maximum absolute atomic E-state index is 13.1. The molecule has 1 atom stereocenters. The molecule has 0 spiro atoms. The molecule has 100 valence electrons. The number of benzene rings is 2. The molecule has 2 aromatic rings. The Morgan fingerprint density at radius 3 is 2.26 bits per heavy atom. The third-order valence-corrected chi connectivity index (χ3v) is 3.53. The zero-order valence-electron chi connectivity index (χ0n) is 10.3. The quantitative estimate of drug-likeness (QED) is 0.897. The van der Waals surface area contributed by atoms with E-state index in [1.807, 2.05) is 12.1 Å². The van der Waals surface area contributed by atoms with E-state index < -0.39 is 17.2 Å². The van der Waals surface area contributed by atoms with Gasteiger partial charge in [0.2, 0.25) is 0 Å². The summed E-state index contributed by atoms with van der Waals surface area (Å²) >= 11 is 3.32. The highest BCUT2D eigenvalue weighted by atomic mass is 79.9. The average molecular weight is 327 g/mol. The molecule has 0 aliphatic heterocycles. The predicted molar refractivity (Wildman–Crippen MR) is 73.8 cm³/mol. The largest absolute Gasteiger partial charge is 0.385 e. The Labute approximate surface area is 119 Å². The van der Waals surface area contributed by atoms with Crippen LogP contribution in [-0.4, -0.2) is 5.11 Å². The predicted octanol–water partition coefficient (Wildman–Crippen LogP) is 4.18. The Hall–Kier alpha value is -1.26. The van der Waals surface area contributed by atoms with Gasteiger partial charge in [0.05, 0.1) is 5.60 Å². The summed E-state index contributed by atoms with van der Waals surface area (Å²) in [6.45, 7) is 1.65. The lowest BCUT2D eigenvalue weighted by Crippen LogP contribution is -2.24. The van der Waals surface area contributed by atoms with E-state index in [4.69, 9.17) is 0 Å². The first kappa shape index (κ1) is 14.2. The van der Waals surface area contributed by atoms with Crippen LogP contribution in [0.1, 0.15) is 18.1 Å². The standard InChI is InChI=1S/C15H13BrF2O/c1-15(19,11-3-5-12(16)6-4-11)9-10-2-7-13(17)14(18)8-10/h2-8,19H,9H2,1H3. The van der Waals surface area contributed by atoms with Crippen molar-refractivity contribution in [3.05, 3.63) is 69.7 Å². The Morgan fingerprint density at radius 1 is 1.05 bits per heavy atom. The number of hydrogen-bond donors (Lipinski definition) is 1. The van der Waals surface area contributed by atoms with Gasteiger partial charge in [-0.05, 0) is 42.3 Å². The molecule has 19 heavy (non-hydrogen) atoms. The molecule has 1 unspecified atom stereocenters. The summed E-state index contributed by atoms with van der Waals surface area (Å²) in [7, 11) is 0. The summed E-state index contributed by atoms with van der Waals surface area (Å²) in [6.07, 6.45) is 0.214. The van der Waals surface area contributed by atoms with E-state index in [1.54, 1.807) is 19.1 Å². The van der Waals surface area contributed by atoms with Crippen molar-refractivity contribution in [2.45, 2.75) is 18.9 Å². The fourth-order valence-corrected chi connectivity index (χ4v) is 2.22. The zero-order valence-corrected chi connectivity index (χ0v) is 11.9. The van der Waals surface area contributed by atoms with Crippen LogP contribution in [-0.2, 0) is 12.0 Å². The molecule has 0 amide bonds. The van der Waals surface area contributed by atoms with E-state index in [9.17, 15) is 13.9 Å². The van der Waals surface area contributed by atoms with Crippen molar-refractivity contribution in [3.8, 4) is 0 Å². The van der Waals surface area contributed by atoms with E-state index in [-0.39, 0.29) is 6.42 Å². The van der Waals surface area contributed by atoms with E-state index in [0.29, 0.717) is 5.56 Å². The Kier molecular flexibility index (Phi) is 4.02. The first-order chi connectivity index (χ1) is 8.88. The molecule has 1 N–H and O–H groups in total. The van der Waals surface area contributed by atoms with E-state index in [1.165, 1.54) is 6.07 Å². The van der Waals surface area contributed by atoms with Gasteiger partial charge >= 0.3 is 0 Å². The van der Waals surface area contributed by atoms with Crippen LogP contribution in [0.3, 0.4) is 0 Å². The van der Waals surface area contributed by atoms with Crippen LogP contribution in [0.2, 0.25) is 0 Å². The van der Waals surface area contributed by atoms with Crippen molar-refractivity contribution in [2.24, 2.45) is 0 Å². The van der Waals surface area contributed by atoms with Crippen molar-refractivity contribution in [1.82, 2.24) is 0 Å². The highest BCUT2D eigenvalue weighted by molar-refractivity contribution is 9.10. The van der Waals surface area contributed by atoms with Gasteiger partial charge in [0, 0.05) is 10.9 Å². The molecule has 0 bridgehead atoms. The van der Waals surface area contributed by atoms with Crippen LogP contribution >= 0.6 is 15.9 Å². The topological polar surface area (TPSA) is 20.2 Å². The minimum absolute atomic E-state index is 0.214. The molecule has 0 aromatic heterocycles. The van der Waals surface area contributed by atoms with Gasteiger partial charge in [0.1, 0.15) is 0 Å². The second-order valence-electron chi connectivity index (χ2n) is 4.71. The minimum Gasteiger partial charge on any atom is -0.385 e. The summed E-state index contributed by atoms with van der Waals surface area (Å²) in [5.41, 5.74) is 0.137. The van der Waals surface area contributed by atoms with Gasteiger partial charge < -0.3 is 5.11 Å². The van der Waals surface area contributed by atoms with Crippen molar-refractivity contribution in [1.29, 1.82) is 0 Å².